The molecule has 60 valence electrons. The smallest absolute Gasteiger partial charge is 0.105 e. The quantitative estimate of drug-likeness (QED) is 0.314. The van der Waals surface area contributed by atoms with E-state index in [1.165, 1.54) is 14.2 Å². The Labute approximate surface area is 59.9 Å². The number of hydrogen-bond donors (Lipinski definition) is 0. The molecule has 0 aliphatic carbocycles. The molecule has 0 saturated heterocycles. The molecule has 0 spiro atoms. The van der Waals surface area contributed by atoms with E-state index in [1.807, 2.05) is 0 Å². The molecule has 4 nitrogen and oxygen atoms in total. The van der Waals surface area contributed by atoms with Crippen molar-refractivity contribution in [1.29, 1.82) is 0 Å². The van der Waals surface area contributed by atoms with Gasteiger partial charge in [-0.3, -0.25) is 0 Å². The summed E-state index contributed by atoms with van der Waals surface area (Å²) in [4.78, 5) is 8.76. The summed E-state index contributed by atoms with van der Waals surface area (Å²) in [6.45, 7) is 1.76. The van der Waals surface area contributed by atoms with Gasteiger partial charge in [0, 0.05) is 0 Å². The largest absolute Gasteiger partial charge is 0.617 e. The molecule has 10 heavy (non-hydrogen) atoms. The van der Waals surface area contributed by atoms with E-state index in [-0.39, 0.29) is 12.6 Å². The van der Waals surface area contributed by atoms with Crippen molar-refractivity contribution in [3.05, 3.63) is 11.5 Å². The van der Waals surface area contributed by atoms with E-state index < -0.39 is 0 Å². The molecule has 0 saturated carbocycles. The zero-order valence-electron chi connectivity index (χ0n) is 6.34. The highest BCUT2D eigenvalue weighted by Gasteiger charge is 1.91. The maximum absolute atomic E-state index is 10.6. The molecule has 0 aromatic rings. The Morgan fingerprint density at radius 3 is 2.40 bits per heavy atom. The second kappa shape index (κ2) is 5.08. The Kier molecular flexibility index (Phi) is 4.70. The molecular formula is C6H11O4-. The van der Waals surface area contributed by atoms with Crippen LogP contribution in [0.1, 0.15) is 6.92 Å². The van der Waals surface area contributed by atoms with Crippen molar-refractivity contribution in [1.82, 2.24) is 0 Å². The molecule has 0 aliphatic heterocycles. The molecule has 0 unspecified atom stereocenters. The molecule has 0 N–H and O–H groups in total. The van der Waals surface area contributed by atoms with Crippen LogP contribution in [0, 0.1) is 0 Å². The fraction of sp³-hybridized carbons (Fsp3) is 0.667. The van der Waals surface area contributed by atoms with E-state index in [9.17, 15) is 5.11 Å². The van der Waals surface area contributed by atoms with Crippen molar-refractivity contribution in [2.45, 2.75) is 6.92 Å². The standard InChI is InChI=1S/C6H12O4/c1-5(4-10-9-3)6(7)8-2/h7H,4H2,1-3H3/p-1. The zero-order chi connectivity index (χ0) is 7.98. The topological polar surface area (TPSA) is 50.8 Å². The summed E-state index contributed by atoms with van der Waals surface area (Å²) in [6.07, 6.45) is 0. The van der Waals surface area contributed by atoms with E-state index in [1.54, 1.807) is 6.92 Å². The summed E-state index contributed by atoms with van der Waals surface area (Å²) in [5.41, 5.74) is 0.476. The molecule has 0 aromatic carbocycles. The van der Waals surface area contributed by atoms with Crippen molar-refractivity contribution in [3.63, 3.8) is 0 Å². The number of rotatable bonds is 4. The molecule has 0 aliphatic rings. The second-order valence-corrected chi connectivity index (χ2v) is 1.70. The molecule has 4 heteroatoms. The third-order valence-electron chi connectivity index (χ3n) is 0.927. The van der Waals surface area contributed by atoms with Crippen molar-refractivity contribution in [3.8, 4) is 0 Å². The van der Waals surface area contributed by atoms with Gasteiger partial charge in [-0.1, -0.05) is 0 Å². The summed E-state index contributed by atoms with van der Waals surface area (Å²) < 4.78 is 4.40. The summed E-state index contributed by atoms with van der Waals surface area (Å²) in [7, 11) is 2.70. The third-order valence-corrected chi connectivity index (χ3v) is 0.927. The van der Waals surface area contributed by atoms with Crippen molar-refractivity contribution in [2.75, 3.05) is 20.8 Å². The predicted molar refractivity (Wildman–Crippen MR) is 32.7 cm³/mol. The Morgan fingerprint density at radius 2 is 2.00 bits per heavy atom. The van der Waals surface area contributed by atoms with Crippen LogP contribution < -0.4 is 5.11 Å². The molecule has 0 radical (unpaired) electrons. The lowest BCUT2D eigenvalue weighted by molar-refractivity contribution is -0.357. The first kappa shape index (κ1) is 9.26. The maximum atomic E-state index is 10.6. The van der Waals surface area contributed by atoms with Crippen LogP contribution in [-0.4, -0.2) is 20.8 Å². The first-order valence-electron chi connectivity index (χ1n) is 2.78. The number of hydrogen-bond acceptors (Lipinski definition) is 4. The monoisotopic (exact) mass is 147 g/mol. The second-order valence-electron chi connectivity index (χ2n) is 1.70. The van der Waals surface area contributed by atoms with Gasteiger partial charge in [0.2, 0.25) is 0 Å². The molecule has 0 heterocycles. The van der Waals surface area contributed by atoms with Crippen LogP contribution in [0.3, 0.4) is 0 Å². The minimum atomic E-state index is -0.378. The highest BCUT2D eigenvalue weighted by molar-refractivity contribution is 4.96. The van der Waals surface area contributed by atoms with E-state index >= 15 is 0 Å². The highest BCUT2D eigenvalue weighted by Crippen LogP contribution is 1.97. The van der Waals surface area contributed by atoms with Gasteiger partial charge in [0.15, 0.2) is 0 Å². The average Bonchev–Trinajstić information content (AvgIpc) is 1.98. The molecule has 0 amide bonds. The summed E-state index contributed by atoms with van der Waals surface area (Å²) in [6, 6.07) is 0. The predicted octanol–water partition coefficient (Wildman–Crippen LogP) is -0.197. The van der Waals surface area contributed by atoms with E-state index in [0.717, 1.165) is 0 Å². The molecule has 0 fully saturated rings. The van der Waals surface area contributed by atoms with E-state index in [2.05, 4.69) is 14.5 Å². The SMILES string of the molecule is COOCC(C)=C([O-])OC. The van der Waals surface area contributed by atoms with Crippen LogP contribution in [-0.2, 0) is 14.5 Å². The van der Waals surface area contributed by atoms with Crippen LogP contribution in [0.4, 0.5) is 0 Å². The minimum absolute atomic E-state index is 0.142. The fourth-order valence-electron chi connectivity index (χ4n) is 0.380. The molecular weight excluding hydrogens is 136 g/mol. The first-order valence-corrected chi connectivity index (χ1v) is 2.78. The van der Waals surface area contributed by atoms with E-state index in [0.29, 0.717) is 5.57 Å². The van der Waals surface area contributed by atoms with Gasteiger partial charge >= 0.3 is 0 Å². The number of ether oxygens (including phenoxy) is 1. The molecule has 0 rings (SSSR count). The van der Waals surface area contributed by atoms with Crippen LogP contribution in [0.25, 0.3) is 0 Å². The lowest BCUT2D eigenvalue weighted by Gasteiger charge is -2.12. The normalized spacial score (nSPS) is 12.7. The molecule has 0 bridgehead atoms. The van der Waals surface area contributed by atoms with E-state index in [4.69, 9.17) is 0 Å². The molecule has 0 atom stereocenters. The fourth-order valence-corrected chi connectivity index (χ4v) is 0.380. The average molecular weight is 147 g/mol. The zero-order valence-corrected chi connectivity index (χ0v) is 6.34. The number of methoxy groups -OCH3 is 1. The van der Waals surface area contributed by atoms with Gasteiger partial charge in [-0.2, -0.15) is 0 Å². The Hall–Kier alpha value is -0.740. The lowest BCUT2D eigenvalue weighted by atomic mass is 10.3. The van der Waals surface area contributed by atoms with Crippen LogP contribution >= 0.6 is 0 Å². The van der Waals surface area contributed by atoms with Crippen molar-refractivity contribution >= 4 is 0 Å². The van der Waals surface area contributed by atoms with Gasteiger partial charge in [0.05, 0.1) is 13.1 Å². The lowest BCUT2D eigenvalue weighted by Crippen LogP contribution is -2.11. The van der Waals surface area contributed by atoms with Gasteiger partial charge in [0.1, 0.15) is 6.61 Å². The first-order chi connectivity index (χ1) is 4.72. The Balaban J connectivity index is 3.68. The van der Waals surface area contributed by atoms with Gasteiger partial charge in [0.25, 0.3) is 0 Å². The highest BCUT2D eigenvalue weighted by atomic mass is 17.2. The van der Waals surface area contributed by atoms with Crippen LogP contribution in [0.15, 0.2) is 11.5 Å². The van der Waals surface area contributed by atoms with Crippen LogP contribution in [0.5, 0.6) is 0 Å². The van der Waals surface area contributed by atoms with Gasteiger partial charge in [-0.05, 0) is 19.6 Å². The van der Waals surface area contributed by atoms with Crippen molar-refractivity contribution in [2.24, 2.45) is 0 Å². The Bertz CT molecular complexity index is 119. The van der Waals surface area contributed by atoms with Crippen molar-refractivity contribution < 1.29 is 19.6 Å². The van der Waals surface area contributed by atoms with Crippen LogP contribution in [0.2, 0.25) is 0 Å². The summed E-state index contributed by atoms with van der Waals surface area (Å²) >= 11 is 0. The third kappa shape index (κ3) is 3.32. The van der Waals surface area contributed by atoms with Gasteiger partial charge in [-0.15, -0.1) is 0 Å². The van der Waals surface area contributed by atoms with Gasteiger partial charge in [-0.25, -0.2) is 9.78 Å². The maximum Gasteiger partial charge on any atom is 0.105 e. The summed E-state index contributed by atoms with van der Waals surface area (Å²) in [5.74, 6) is -0.378. The summed E-state index contributed by atoms with van der Waals surface area (Å²) in [5, 5.41) is 10.6. The Morgan fingerprint density at radius 1 is 1.40 bits per heavy atom. The molecule has 0 aromatic heterocycles. The minimum Gasteiger partial charge on any atom is -0.617 e. The van der Waals surface area contributed by atoms with Gasteiger partial charge < -0.3 is 9.84 Å².